The summed E-state index contributed by atoms with van der Waals surface area (Å²) in [6.45, 7) is 38.3. The average Bonchev–Trinajstić information content (AvgIpc) is 3.10. The minimum absolute atomic E-state index is 0. The Morgan fingerprint density at radius 1 is 0.423 bits per heavy atom. The maximum atomic E-state index is 14.0. The van der Waals surface area contributed by atoms with Gasteiger partial charge in [-0.1, -0.05) is 41.5 Å². The Morgan fingerprint density at radius 3 is 0.930 bits per heavy atom. The van der Waals surface area contributed by atoms with Crippen LogP contribution in [0, 0.1) is 57.7 Å². The van der Waals surface area contributed by atoms with E-state index in [4.69, 9.17) is 23.7 Å². The van der Waals surface area contributed by atoms with Gasteiger partial charge in [0.15, 0.2) is 17.5 Å². The molecule has 0 aromatic heterocycles. The van der Waals surface area contributed by atoms with Gasteiger partial charge in [0.05, 0.1) is 45.7 Å². The van der Waals surface area contributed by atoms with E-state index in [1.807, 2.05) is 20.8 Å². The molecule has 0 aliphatic carbocycles. The first-order chi connectivity index (χ1) is 31.2. The van der Waals surface area contributed by atoms with Crippen LogP contribution in [0.3, 0.4) is 0 Å². The van der Waals surface area contributed by atoms with Crippen LogP contribution in [0.4, 0.5) is 0 Å². The molecule has 0 radical (unpaired) electrons. The standard InChI is InChI=1S/C42H76N4O12.C9H16NO2.Gd/c1-37(2,3)30(47)24-43-31(48)23-29(36(53)58-42(16,17)18)46(21-19-44(25-32(49)54-38(4,5)6)26-33(50)55-39(7,8)9)22-20-45(27-34(51)56-40(10,11)12)28-35(52)57-41(13,14)15;1-5-8(12)10-6-7(11)9(2,3)4;/h29H,19-28H2,1-18H3,(H,43,48);1,5-6H2,2-4H3,(H,10,12);/q;-1;/t29-;;/m1../s1. The van der Waals surface area contributed by atoms with Crippen molar-refractivity contribution in [3.63, 3.8) is 0 Å². The number of hydrogen-bond acceptors (Lipinski definition) is 17. The van der Waals surface area contributed by atoms with Crippen LogP contribution in [-0.2, 0) is 66.8 Å². The molecule has 0 bridgehead atoms. The van der Waals surface area contributed by atoms with Crippen molar-refractivity contribution >= 4 is 53.2 Å². The summed E-state index contributed by atoms with van der Waals surface area (Å²) in [5.41, 5.74) is -5.30. The molecule has 20 heteroatoms. The fourth-order valence-corrected chi connectivity index (χ4v) is 5.57. The Labute approximate surface area is 458 Å². The van der Waals surface area contributed by atoms with Gasteiger partial charge in [0, 0.05) is 76.9 Å². The Balaban J connectivity index is -0.00000311. The van der Waals surface area contributed by atoms with Crippen molar-refractivity contribution in [3.05, 3.63) is 6.92 Å². The normalized spacial score (nSPS) is 12.9. The summed E-state index contributed by atoms with van der Waals surface area (Å²) < 4.78 is 28.0. The monoisotopic (exact) mass is 1160 g/mol. The van der Waals surface area contributed by atoms with Crippen LogP contribution < -0.4 is 10.6 Å². The Morgan fingerprint density at radius 2 is 0.690 bits per heavy atom. The van der Waals surface area contributed by atoms with Crippen molar-refractivity contribution < 1.29 is 107 Å². The van der Waals surface area contributed by atoms with Crippen LogP contribution in [-0.4, -0.2) is 167 Å². The molecule has 0 fully saturated rings. The van der Waals surface area contributed by atoms with E-state index in [2.05, 4.69) is 17.6 Å². The number of amides is 2. The Bertz CT molecular complexity index is 1630. The molecule has 19 nitrogen and oxygen atoms in total. The van der Waals surface area contributed by atoms with Crippen molar-refractivity contribution in [2.75, 3.05) is 65.4 Å². The molecule has 0 saturated heterocycles. The number of esters is 5. The van der Waals surface area contributed by atoms with Gasteiger partial charge >= 0.3 is 29.8 Å². The second-order valence-electron chi connectivity index (χ2n) is 24.2. The van der Waals surface area contributed by atoms with Crippen molar-refractivity contribution in [2.45, 2.75) is 192 Å². The first-order valence-electron chi connectivity index (χ1n) is 23.9. The predicted octanol–water partition coefficient (Wildman–Crippen LogP) is 5.03. The number of ketones is 2. The van der Waals surface area contributed by atoms with Gasteiger partial charge in [-0.25, -0.2) is 0 Å². The number of carbonyl (C=O) groups excluding carboxylic acids is 9. The van der Waals surface area contributed by atoms with Gasteiger partial charge < -0.3 is 41.2 Å². The molecule has 0 heterocycles. The van der Waals surface area contributed by atoms with Crippen molar-refractivity contribution in [3.8, 4) is 0 Å². The zero-order valence-corrected chi connectivity index (χ0v) is 49.4. The number of nitrogens with zero attached hydrogens (tertiary/aromatic N) is 3. The molecule has 0 aromatic carbocycles. The smallest absolute Gasteiger partial charge is 0.324 e. The molecule has 2 amide bonds. The van der Waals surface area contributed by atoms with Gasteiger partial charge in [0.25, 0.3) is 0 Å². The average molecular weight is 1160 g/mol. The van der Waals surface area contributed by atoms with Crippen LogP contribution in [0.1, 0.15) is 158 Å². The van der Waals surface area contributed by atoms with Crippen LogP contribution >= 0.6 is 0 Å². The molecule has 414 valence electrons. The quantitative estimate of drug-likeness (QED) is 0.0776. The number of rotatable bonds is 23. The number of carbonyl (C=O) groups is 9. The minimum Gasteiger partial charge on any atom is -0.459 e. The minimum atomic E-state index is -1.25. The topological polar surface area (TPSA) is 234 Å². The molecule has 71 heavy (non-hydrogen) atoms. The summed E-state index contributed by atoms with van der Waals surface area (Å²) in [5.74, 6) is -4.13. The third-order valence-electron chi connectivity index (χ3n) is 8.79. The molecule has 0 aromatic rings. The third-order valence-corrected chi connectivity index (χ3v) is 8.79. The van der Waals surface area contributed by atoms with Crippen molar-refractivity contribution in [1.82, 2.24) is 25.3 Å². The van der Waals surface area contributed by atoms with Crippen LogP contribution in [0.2, 0.25) is 0 Å². The Hall–Kier alpha value is -3.17. The van der Waals surface area contributed by atoms with E-state index in [1.54, 1.807) is 130 Å². The maximum absolute atomic E-state index is 14.0. The summed E-state index contributed by atoms with van der Waals surface area (Å²) in [6.07, 6.45) is -0.250. The SMILES string of the molecule is CC(C)(C)OC(=O)CN(CCN(CCN(CC(=O)OC(C)(C)C)CC(=O)OC(C)(C)C)[C@H](CC(=O)NCC(=O)C(C)(C)C)C(=O)OC(C)(C)C)CC(=O)OC(C)(C)C.[CH2-]CC(=O)NCC(=O)C(C)(C)C.[Gd]. The molecule has 0 saturated carbocycles. The summed E-state index contributed by atoms with van der Waals surface area (Å²) >= 11 is 0. The molecule has 2 N–H and O–H groups in total. The van der Waals surface area contributed by atoms with Crippen LogP contribution in [0.5, 0.6) is 0 Å². The van der Waals surface area contributed by atoms with E-state index >= 15 is 0 Å². The number of nitrogens with one attached hydrogen (secondary N) is 2. The van der Waals surface area contributed by atoms with E-state index in [9.17, 15) is 43.2 Å². The first kappa shape index (κ1) is 72.1. The summed E-state index contributed by atoms with van der Waals surface area (Å²) in [6, 6.07) is -1.25. The molecular weight excluding hydrogens is 1060 g/mol. The van der Waals surface area contributed by atoms with Crippen LogP contribution in [0.25, 0.3) is 0 Å². The van der Waals surface area contributed by atoms with Gasteiger partial charge in [-0.15, -0.1) is 6.42 Å². The summed E-state index contributed by atoms with van der Waals surface area (Å²) in [7, 11) is 0. The van der Waals surface area contributed by atoms with Crippen molar-refractivity contribution in [2.24, 2.45) is 10.8 Å². The fourth-order valence-electron chi connectivity index (χ4n) is 5.57. The van der Waals surface area contributed by atoms with E-state index in [-0.39, 0.29) is 135 Å². The number of hydrogen-bond donors (Lipinski definition) is 2. The van der Waals surface area contributed by atoms with Crippen molar-refractivity contribution in [1.29, 1.82) is 0 Å². The largest absolute Gasteiger partial charge is 0.459 e. The number of ether oxygens (including phenoxy) is 5. The predicted molar refractivity (Wildman–Crippen MR) is 267 cm³/mol. The molecular formula is C51H92GdN5O14-. The molecule has 0 unspecified atom stereocenters. The third kappa shape index (κ3) is 40.0. The van der Waals surface area contributed by atoms with Gasteiger partial charge in [-0.2, -0.15) is 0 Å². The second kappa shape index (κ2) is 30.9. The van der Waals surface area contributed by atoms with E-state index in [1.165, 1.54) is 9.80 Å². The molecule has 0 rings (SSSR count). The summed E-state index contributed by atoms with van der Waals surface area (Å²) in [4.78, 5) is 119. The zero-order chi connectivity index (χ0) is 55.4. The molecule has 1 atom stereocenters. The zero-order valence-electron chi connectivity index (χ0n) is 47.2. The molecule has 0 aliphatic heterocycles. The number of Topliss-reactive ketones (excluding diaryl/α,β-unsaturated/α-hetero) is 2. The molecule has 0 spiro atoms. The van der Waals surface area contributed by atoms with Gasteiger partial charge in [0.2, 0.25) is 5.91 Å². The van der Waals surface area contributed by atoms with E-state index in [0.29, 0.717) is 0 Å². The van der Waals surface area contributed by atoms with Crippen LogP contribution in [0.15, 0.2) is 0 Å². The van der Waals surface area contributed by atoms with E-state index < -0.39 is 81.6 Å². The second-order valence-corrected chi connectivity index (χ2v) is 24.2. The molecule has 0 aliphatic rings. The van der Waals surface area contributed by atoms with Gasteiger partial charge in [-0.05, 0) is 104 Å². The van der Waals surface area contributed by atoms with Gasteiger partial charge in [0.1, 0.15) is 34.0 Å². The maximum Gasteiger partial charge on any atom is 0.324 e. The van der Waals surface area contributed by atoms with E-state index in [0.717, 1.165) is 0 Å². The first-order valence-corrected chi connectivity index (χ1v) is 23.9. The summed E-state index contributed by atoms with van der Waals surface area (Å²) in [5, 5.41) is 5.11. The Kier molecular flexibility index (Phi) is 31.4. The van der Waals surface area contributed by atoms with Gasteiger partial charge in [-0.3, -0.25) is 57.9 Å². The fraction of sp³-hybridized carbons (Fsp3) is 0.804.